The van der Waals surface area contributed by atoms with Crippen molar-refractivity contribution in [2.24, 2.45) is 0 Å². The molecule has 110 valence electrons. The minimum absolute atomic E-state index is 0.0828. The lowest BCUT2D eigenvalue weighted by Crippen LogP contribution is -2.59. The van der Waals surface area contributed by atoms with Gasteiger partial charge in [0.2, 0.25) is 5.91 Å². The molecule has 0 bridgehead atoms. The third-order valence-corrected chi connectivity index (χ3v) is 4.30. The number of nitrogens with one attached hydrogen (secondary N) is 2. The molecular formula is C15H22BrN3O. The van der Waals surface area contributed by atoms with E-state index in [1.807, 2.05) is 38.1 Å². The lowest BCUT2D eigenvalue weighted by Gasteiger charge is -2.39. The normalized spacial score (nSPS) is 16.9. The first-order chi connectivity index (χ1) is 9.50. The second-order valence-corrected chi connectivity index (χ2v) is 6.52. The summed E-state index contributed by atoms with van der Waals surface area (Å²) in [5.41, 5.74) is 0.637. The molecule has 2 rings (SSSR count). The number of rotatable bonds is 4. The highest BCUT2D eigenvalue weighted by molar-refractivity contribution is 9.10. The van der Waals surface area contributed by atoms with Gasteiger partial charge in [0.1, 0.15) is 0 Å². The fraction of sp³-hybridized carbons (Fsp3) is 0.533. The molecule has 0 aliphatic carbocycles. The Bertz CT molecular complexity index is 470. The summed E-state index contributed by atoms with van der Waals surface area (Å²) in [6, 6.07) is 8.00. The van der Waals surface area contributed by atoms with E-state index in [-0.39, 0.29) is 5.91 Å². The molecule has 0 saturated carbocycles. The molecule has 0 aromatic heterocycles. The van der Waals surface area contributed by atoms with Gasteiger partial charge in [0.25, 0.3) is 0 Å². The first kappa shape index (κ1) is 15.5. The molecule has 1 aromatic carbocycles. The third kappa shape index (κ3) is 3.81. The second-order valence-electron chi connectivity index (χ2n) is 5.61. The number of nitrogens with zero attached hydrogens (tertiary/aromatic N) is 1. The minimum atomic E-state index is -0.464. The van der Waals surface area contributed by atoms with E-state index in [2.05, 4.69) is 31.5 Å². The average Bonchev–Trinajstić information content (AvgIpc) is 2.45. The zero-order valence-corrected chi connectivity index (χ0v) is 13.7. The molecule has 1 fully saturated rings. The molecule has 1 heterocycles. The highest BCUT2D eigenvalue weighted by Gasteiger charge is 2.34. The fourth-order valence-electron chi connectivity index (χ4n) is 2.41. The van der Waals surface area contributed by atoms with Crippen molar-refractivity contribution in [1.82, 2.24) is 15.5 Å². The number of hydrogen-bond donors (Lipinski definition) is 2. The maximum Gasteiger partial charge on any atom is 0.240 e. The molecule has 1 amide bonds. The Morgan fingerprint density at radius 2 is 2.10 bits per heavy atom. The number of amides is 1. The number of halogens is 1. The van der Waals surface area contributed by atoms with Crippen LogP contribution in [0, 0.1) is 0 Å². The van der Waals surface area contributed by atoms with Gasteiger partial charge in [-0.2, -0.15) is 0 Å². The summed E-state index contributed by atoms with van der Waals surface area (Å²) in [7, 11) is 0. The van der Waals surface area contributed by atoms with Gasteiger partial charge in [-0.05, 0) is 31.5 Å². The first-order valence-corrected chi connectivity index (χ1v) is 7.78. The van der Waals surface area contributed by atoms with E-state index >= 15 is 0 Å². The highest BCUT2D eigenvalue weighted by atomic mass is 79.9. The van der Waals surface area contributed by atoms with E-state index in [0.29, 0.717) is 6.54 Å². The van der Waals surface area contributed by atoms with Gasteiger partial charge in [0.15, 0.2) is 0 Å². The summed E-state index contributed by atoms with van der Waals surface area (Å²) in [4.78, 5) is 14.7. The van der Waals surface area contributed by atoms with Crippen LogP contribution in [0.4, 0.5) is 0 Å². The molecule has 0 unspecified atom stereocenters. The van der Waals surface area contributed by atoms with Crippen molar-refractivity contribution in [3.05, 3.63) is 34.3 Å². The topological polar surface area (TPSA) is 44.4 Å². The zero-order chi connectivity index (χ0) is 14.6. The average molecular weight is 340 g/mol. The summed E-state index contributed by atoms with van der Waals surface area (Å²) in [6.45, 7) is 8.27. The Hall–Kier alpha value is -0.910. The molecule has 1 aromatic rings. The monoisotopic (exact) mass is 339 g/mol. The van der Waals surface area contributed by atoms with E-state index in [1.165, 1.54) is 0 Å². The van der Waals surface area contributed by atoms with Gasteiger partial charge in [-0.1, -0.05) is 28.1 Å². The fourth-order valence-corrected chi connectivity index (χ4v) is 2.86. The summed E-state index contributed by atoms with van der Waals surface area (Å²) in [5.74, 6) is 0.0828. The van der Waals surface area contributed by atoms with Crippen molar-refractivity contribution in [3.63, 3.8) is 0 Å². The van der Waals surface area contributed by atoms with Crippen molar-refractivity contribution in [2.75, 3.05) is 26.2 Å². The minimum Gasteiger partial charge on any atom is -0.350 e. The lowest BCUT2D eigenvalue weighted by molar-refractivity contribution is -0.132. The lowest BCUT2D eigenvalue weighted by atomic mass is 10.0. The van der Waals surface area contributed by atoms with Gasteiger partial charge >= 0.3 is 0 Å². The molecule has 4 nitrogen and oxygen atoms in total. The molecule has 1 saturated heterocycles. The first-order valence-electron chi connectivity index (χ1n) is 6.98. The van der Waals surface area contributed by atoms with Gasteiger partial charge in [-0.25, -0.2) is 0 Å². The standard InChI is InChI=1S/C15H22BrN3O/c1-15(2,19-8-6-17-7-9-19)14(20)18-11-12-4-3-5-13(16)10-12/h3-5,10,17H,6-9,11H2,1-2H3,(H,18,20). The van der Waals surface area contributed by atoms with Gasteiger partial charge in [0.05, 0.1) is 5.54 Å². The van der Waals surface area contributed by atoms with E-state index in [1.54, 1.807) is 0 Å². The molecule has 0 spiro atoms. The van der Waals surface area contributed by atoms with Crippen LogP contribution in [0.1, 0.15) is 19.4 Å². The predicted octanol–water partition coefficient (Wildman–Crippen LogP) is 1.75. The molecule has 1 aliphatic rings. The van der Waals surface area contributed by atoms with Crippen LogP contribution in [-0.2, 0) is 11.3 Å². The summed E-state index contributed by atoms with van der Waals surface area (Å²) in [6.07, 6.45) is 0. The van der Waals surface area contributed by atoms with Crippen LogP contribution in [0.15, 0.2) is 28.7 Å². The van der Waals surface area contributed by atoms with E-state index in [0.717, 1.165) is 36.2 Å². The quantitative estimate of drug-likeness (QED) is 0.878. The molecule has 5 heteroatoms. The molecule has 0 atom stereocenters. The van der Waals surface area contributed by atoms with Crippen LogP contribution in [0.5, 0.6) is 0 Å². The Balaban J connectivity index is 1.93. The van der Waals surface area contributed by atoms with Gasteiger partial charge < -0.3 is 10.6 Å². The van der Waals surface area contributed by atoms with E-state index in [9.17, 15) is 4.79 Å². The molecule has 20 heavy (non-hydrogen) atoms. The van der Waals surface area contributed by atoms with E-state index in [4.69, 9.17) is 0 Å². The highest BCUT2D eigenvalue weighted by Crippen LogP contribution is 2.16. The van der Waals surface area contributed by atoms with Gasteiger partial charge in [-0.3, -0.25) is 9.69 Å². The zero-order valence-electron chi connectivity index (χ0n) is 12.1. The number of hydrogen-bond acceptors (Lipinski definition) is 3. The Kier molecular flexibility index (Phi) is 5.18. The van der Waals surface area contributed by atoms with Crippen LogP contribution in [0.3, 0.4) is 0 Å². The molecule has 1 aliphatic heterocycles. The number of carbonyl (C=O) groups is 1. The molecule has 2 N–H and O–H groups in total. The van der Waals surface area contributed by atoms with Crippen molar-refractivity contribution in [3.8, 4) is 0 Å². The van der Waals surface area contributed by atoms with E-state index < -0.39 is 5.54 Å². The summed E-state index contributed by atoms with van der Waals surface area (Å²) in [5, 5.41) is 6.35. The largest absolute Gasteiger partial charge is 0.350 e. The van der Waals surface area contributed by atoms with Crippen molar-refractivity contribution in [1.29, 1.82) is 0 Å². The number of carbonyl (C=O) groups excluding carboxylic acids is 1. The maximum atomic E-state index is 12.4. The Morgan fingerprint density at radius 1 is 1.40 bits per heavy atom. The predicted molar refractivity (Wildman–Crippen MR) is 84.5 cm³/mol. The molecule has 0 radical (unpaired) electrons. The summed E-state index contributed by atoms with van der Waals surface area (Å²) >= 11 is 3.44. The SMILES string of the molecule is CC(C)(C(=O)NCc1cccc(Br)c1)N1CCNCC1. The second kappa shape index (κ2) is 6.70. The molecular weight excluding hydrogens is 318 g/mol. The van der Waals surface area contributed by atoms with Crippen molar-refractivity contribution < 1.29 is 4.79 Å². The third-order valence-electron chi connectivity index (χ3n) is 3.81. The Labute approximate surface area is 129 Å². The van der Waals surface area contributed by atoms with Crippen LogP contribution >= 0.6 is 15.9 Å². The van der Waals surface area contributed by atoms with Crippen molar-refractivity contribution >= 4 is 21.8 Å². The van der Waals surface area contributed by atoms with Crippen LogP contribution < -0.4 is 10.6 Å². The smallest absolute Gasteiger partial charge is 0.240 e. The number of benzene rings is 1. The summed E-state index contributed by atoms with van der Waals surface area (Å²) < 4.78 is 1.03. The Morgan fingerprint density at radius 3 is 2.75 bits per heavy atom. The van der Waals surface area contributed by atoms with Gasteiger partial charge in [-0.15, -0.1) is 0 Å². The van der Waals surface area contributed by atoms with Crippen LogP contribution in [0.25, 0.3) is 0 Å². The van der Waals surface area contributed by atoms with Gasteiger partial charge in [0, 0.05) is 37.2 Å². The van der Waals surface area contributed by atoms with Crippen LogP contribution in [-0.4, -0.2) is 42.5 Å². The number of piperazine rings is 1. The van der Waals surface area contributed by atoms with Crippen LogP contribution in [0.2, 0.25) is 0 Å². The van der Waals surface area contributed by atoms with Crippen molar-refractivity contribution in [2.45, 2.75) is 25.9 Å². The maximum absolute atomic E-state index is 12.4.